The molecule has 2 unspecified atom stereocenters. The zero-order valence-electron chi connectivity index (χ0n) is 12.8. The third kappa shape index (κ3) is 2.99. The Balaban J connectivity index is 1.59. The molecule has 2 aliphatic heterocycles. The minimum Gasteiger partial charge on any atom is -0.369 e. The summed E-state index contributed by atoms with van der Waals surface area (Å²) in [7, 11) is 0. The Labute approximate surface area is 123 Å². The molecular weight excluding hydrogens is 246 g/mol. The molecule has 0 bridgehead atoms. The maximum Gasteiger partial charge on any atom is 0.0369 e. The van der Waals surface area contributed by atoms with E-state index in [0.717, 1.165) is 25.0 Å². The summed E-state index contributed by atoms with van der Waals surface area (Å²) in [4.78, 5) is 5.23. The number of hydrogen-bond acceptors (Lipinski definition) is 3. The fraction of sp³-hybridized carbons (Fsp3) is 0.647. The first-order chi connectivity index (χ1) is 9.74. The average Bonchev–Trinajstić information content (AvgIpc) is 2.48. The molecule has 2 saturated heterocycles. The molecule has 3 nitrogen and oxygen atoms in total. The van der Waals surface area contributed by atoms with Crippen LogP contribution in [0.25, 0.3) is 0 Å². The Bertz CT molecular complexity index is 438. The molecule has 0 radical (unpaired) electrons. The van der Waals surface area contributed by atoms with Gasteiger partial charge in [0.15, 0.2) is 0 Å². The molecule has 1 N–H and O–H groups in total. The van der Waals surface area contributed by atoms with Gasteiger partial charge in [-0.15, -0.1) is 0 Å². The number of nitrogens with one attached hydrogen (secondary N) is 1. The highest BCUT2D eigenvalue weighted by atomic mass is 15.3. The number of piperazine rings is 1. The van der Waals surface area contributed by atoms with Gasteiger partial charge >= 0.3 is 0 Å². The van der Waals surface area contributed by atoms with Crippen molar-refractivity contribution in [2.45, 2.75) is 26.3 Å². The fourth-order valence-corrected chi connectivity index (χ4v) is 3.60. The van der Waals surface area contributed by atoms with Crippen LogP contribution in [-0.2, 0) is 0 Å². The zero-order chi connectivity index (χ0) is 13.9. The predicted octanol–water partition coefficient (Wildman–Crippen LogP) is 2.12. The number of benzene rings is 1. The van der Waals surface area contributed by atoms with Crippen LogP contribution in [0.15, 0.2) is 24.3 Å². The van der Waals surface area contributed by atoms with Crippen LogP contribution in [0.5, 0.6) is 0 Å². The molecule has 20 heavy (non-hydrogen) atoms. The molecular formula is C17H27N3. The van der Waals surface area contributed by atoms with Crippen molar-refractivity contribution in [2.75, 3.05) is 44.2 Å². The lowest BCUT2D eigenvalue weighted by molar-refractivity contribution is 0.116. The molecule has 0 saturated carbocycles. The highest BCUT2D eigenvalue weighted by molar-refractivity contribution is 5.48. The number of nitrogens with zero attached hydrogens (tertiary/aromatic N) is 2. The molecule has 3 heteroatoms. The molecule has 0 spiro atoms. The Morgan fingerprint density at radius 3 is 2.65 bits per heavy atom. The van der Waals surface area contributed by atoms with Crippen LogP contribution in [-0.4, -0.2) is 50.2 Å². The Morgan fingerprint density at radius 1 is 1.15 bits per heavy atom. The largest absolute Gasteiger partial charge is 0.369 e. The van der Waals surface area contributed by atoms with Gasteiger partial charge in [-0.3, -0.25) is 4.90 Å². The summed E-state index contributed by atoms with van der Waals surface area (Å²) in [6.45, 7) is 11.7. The number of rotatable bonds is 2. The Kier molecular flexibility index (Phi) is 4.27. The summed E-state index contributed by atoms with van der Waals surface area (Å²) < 4.78 is 0. The second-order valence-electron chi connectivity index (χ2n) is 6.40. The second-order valence-corrected chi connectivity index (χ2v) is 6.40. The maximum atomic E-state index is 3.56. The van der Waals surface area contributed by atoms with E-state index in [0.29, 0.717) is 0 Å². The smallest absolute Gasteiger partial charge is 0.0369 e. The van der Waals surface area contributed by atoms with Crippen molar-refractivity contribution in [1.29, 1.82) is 0 Å². The van der Waals surface area contributed by atoms with Gasteiger partial charge in [-0.25, -0.2) is 0 Å². The van der Waals surface area contributed by atoms with Gasteiger partial charge in [-0.2, -0.15) is 0 Å². The van der Waals surface area contributed by atoms with E-state index in [1.807, 2.05) is 0 Å². The van der Waals surface area contributed by atoms with E-state index in [1.165, 1.54) is 43.9 Å². The molecule has 2 heterocycles. The van der Waals surface area contributed by atoms with Crippen LogP contribution in [0.2, 0.25) is 0 Å². The molecule has 2 aliphatic rings. The van der Waals surface area contributed by atoms with Crippen LogP contribution in [0, 0.1) is 12.8 Å². The average molecular weight is 273 g/mol. The van der Waals surface area contributed by atoms with Crippen LogP contribution in [0.4, 0.5) is 5.69 Å². The van der Waals surface area contributed by atoms with Crippen LogP contribution in [0.1, 0.15) is 18.9 Å². The van der Waals surface area contributed by atoms with Crippen molar-refractivity contribution >= 4 is 5.69 Å². The first-order valence-electron chi connectivity index (χ1n) is 8.00. The zero-order valence-corrected chi connectivity index (χ0v) is 12.8. The van der Waals surface area contributed by atoms with Crippen LogP contribution in [0.3, 0.4) is 0 Å². The van der Waals surface area contributed by atoms with Gasteiger partial charge in [0.2, 0.25) is 0 Å². The highest BCUT2D eigenvalue weighted by Gasteiger charge is 2.29. The van der Waals surface area contributed by atoms with Crippen molar-refractivity contribution in [2.24, 2.45) is 5.92 Å². The minimum absolute atomic E-state index is 0.739. The topological polar surface area (TPSA) is 18.5 Å². The van der Waals surface area contributed by atoms with Crippen molar-refractivity contribution < 1.29 is 0 Å². The number of piperidine rings is 1. The van der Waals surface area contributed by atoms with E-state index < -0.39 is 0 Å². The Morgan fingerprint density at radius 2 is 1.95 bits per heavy atom. The van der Waals surface area contributed by atoms with Gasteiger partial charge in [0.1, 0.15) is 0 Å². The summed E-state index contributed by atoms with van der Waals surface area (Å²) in [5.74, 6) is 0.835. The predicted molar refractivity (Wildman–Crippen MR) is 85.4 cm³/mol. The van der Waals surface area contributed by atoms with Crippen LogP contribution >= 0.6 is 0 Å². The van der Waals surface area contributed by atoms with E-state index in [2.05, 4.69) is 53.2 Å². The molecule has 0 aliphatic carbocycles. The van der Waals surface area contributed by atoms with E-state index >= 15 is 0 Å². The van der Waals surface area contributed by atoms with E-state index in [4.69, 9.17) is 0 Å². The number of anilines is 1. The molecule has 2 atom stereocenters. The molecule has 2 fully saturated rings. The molecule has 1 aromatic carbocycles. The fourth-order valence-electron chi connectivity index (χ4n) is 3.60. The van der Waals surface area contributed by atoms with E-state index in [-0.39, 0.29) is 0 Å². The standard InChI is InChI=1S/C17H27N3/c1-14-4-3-5-16(12-14)19-8-10-20(11-9-19)17-13-18-7-6-15(17)2/h3-5,12,15,17-18H,6-11,13H2,1-2H3. The van der Waals surface area contributed by atoms with Gasteiger partial charge in [-0.05, 0) is 43.5 Å². The van der Waals surface area contributed by atoms with Gasteiger partial charge < -0.3 is 10.2 Å². The maximum absolute atomic E-state index is 3.56. The molecule has 0 amide bonds. The van der Waals surface area contributed by atoms with Gasteiger partial charge in [0.25, 0.3) is 0 Å². The SMILES string of the molecule is Cc1cccc(N2CCN(C3CNCCC3C)CC2)c1. The first kappa shape index (κ1) is 13.9. The molecule has 3 rings (SSSR count). The highest BCUT2D eigenvalue weighted by Crippen LogP contribution is 2.22. The lowest BCUT2D eigenvalue weighted by atomic mass is 9.93. The number of aryl methyl sites for hydroxylation is 1. The lowest BCUT2D eigenvalue weighted by Crippen LogP contribution is -2.57. The summed E-state index contributed by atoms with van der Waals surface area (Å²) >= 11 is 0. The van der Waals surface area contributed by atoms with Gasteiger partial charge in [0, 0.05) is 44.5 Å². The third-order valence-electron chi connectivity index (χ3n) is 4.94. The first-order valence-corrected chi connectivity index (χ1v) is 8.00. The summed E-state index contributed by atoms with van der Waals surface area (Å²) in [5.41, 5.74) is 2.74. The third-order valence-corrected chi connectivity index (χ3v) is 4.94. The minimum atomic E-state index is 0.739. The summed E-state index contributed by atoms with van der Waals surface area (Å²) in [5, 5.41) is 3.56. The Hall–Kier alpha value is -1.06. The van der Waals surface area contributed by atoms with E-state index in [1.54, 1.807) is 0 Å². The van der Waals surface area contributed by atoms with Crippen LogP contribution < -0.4 is 10.2 Å². The molecule has 110 valence electrons. The summed E-state index contributed by atoms with van der Waals surface area (Å²) in [6, 6.07) is 9.64. The van der Waals surface area contributed by atoms with E-state index in [9.17, 15) is 0 Å². The van der Waals surface area contributed by atoms with Crippen molar-refractivity contribution in [3.05, 3.63) is 29.8 Å². The van der Waals surface area contributed by atoms with Gasteiger partial charge in [0.05, 0.1) is 0 Å². The molecule has 1 aromatic rings. The summed E-state index contributed by atoms with van der Waals surface area (Å²) in [6.07, 6.45) is 1.32. The lowest BCUT2D eigenvalue weighted by Gasteiger charge is -2.44. The second kappa shape index (κ2) is 6.15. The van der Waals surface area contributed by atoms with Crippen molar-refractivity contribution in [3.8, 4) is 0 Å². The molecule has 0 aromatic heterocycles. The van der Waals surface area contributed by atoms with Crippen molar-refractivity contribution in [1.82, 2.24) is 10.2 Å². The normalized spacial score (nSPS) is 28.6. The van der Waals surface area contributed by atoms with Crippen molar-refractivity contribution in [3.63, 3.8) is 0 Å². The monoisotopic (exact) mass is 273 g/mol. The quantitative estimate of drug-likeness (QED) is 0.890. The van der Waals surface area contributed by atoms with Gasteiger partial charge in [-0.1, -0.05) is 19.1 Å². The number of hydrogen-bond donors (Lipinski definition) is 1.